The molecule has 0 aliphatic carbocycles. The molecule has 0 aromatic carbocycles. The molecule has 0 aromatic rings. The largest absolute Gasteiger partial charge is 1.00 e. The third-order valence-corrected chi connectivity index (χ3v) is 4.74. The predicted molar refractivity (Wildman–Crippen MR) is 87.7 cm³/mol. The van der Waals surface area contributed by atoms with E-state index in [1.54, 1.807) is 6.92 Å². The Balaban J connectivity index is 0.000000284. The first-order valence-corrected chi connectivity index (χ1v) is 8.86. The van der Waals surface area contributed by atoms with Crippen molar-refractivity contribution in [1.29, 1.82) is 0 Å². The molecule has 8 nitrogen and oxygen atoms in total. The molecule has 3 aliphatic heterocycles. The van der Waals surface area contributed by atoms with Crippen LogP contribution < -0.4 is 40.0 Å². The molecule has 0 spiro atoms. The summed E-state index contributed by atoms with van der Waals surface area (Å²) in [6.07, 6.45) is 2.80. The molecule has 26 heavy (non-hydrogen) atoms. The monoisotopic (exact) mass is 378 g/mol. The fraction of sp³-hybridized carbons (Fsp3) is 0.824. The van der Waals surface area contributed by atoms with Gasteiger partial charge in [0.1, 0.15) is 17.6 Å². The fourth-order valence-corrected chi connectivity index (χ4v) is 2.96. The smallest absolute Gasteiger partial charge is 0.846 e. The second kappa shape index (κ2) is 10.7. The SMILES string of the molecule is C(OCC1CO1)C1CO1.CCCC(C)C1(CC)C(=O)N=C([O-])NC1=O.[Na+]. The maximum atomic E-state index is 11.9. The van der Waals surface area contributed by atoms with Crippen LogP contribution in [0.5, 0.6) is 0 Å². The topological polar surface area (TPSA) is 116 Å². The van der Waals surface area contributed by atoms with Crippen LogP contribution >= 0.6 is 0 Å². The Morgan fingerprint density at radius 3 is 2.19 bits per heavy atom. The molecule has 4 atom stereocenters. The third-order valence-electron chi connectivity index (χ3n) is 4.74. The van der Waals surface area contributed by atoms with E-state index in [0.717, 1.165) is 39.3 Å². The minimum absolute atomic E-state index is 0. The summed E-state index contributed by atoms with van der Waals surface area (Å²) >= 11 is 0. The molecule has 2 saturated heterocycles. The van der Waals surface area contributed by atoms with Gasteiger partial charge in [0.15, 0.2) is 0 Å². The van der Waals surface area contributed by atoms with Gasteiger partial charge in [0.05, 0.1) is 32.4 Å². The Labute approximate surface area is 176 Å². The number of carbonyl (C=O) groups is 2. The number of aliphatic imine (C=N–C) groups is 1. The molecule has 4 unspecified atom stereocenters. The molecule has 3 rings (SSSR count). The van der Waals surface area contributed by atoms with E-state index in [1.165, 1.54) is 0 Å². The van der Waals surface area contributed by atoms with Crippen LogP contribution in [-0.4, -0.2) is 56.5 Å². The minimum atomic E-state index is -1.15. The fourth-order valence-electron chi connectivity index (χ4n) is 2.96. The number of epoxide rings is 2. The quantitative estimate of drug-likeness (QED) is 0.273. The number of hydrogen-bond donors (Lipinski definition) is 1. The van der Waals surface area contributed by atoms with Crippen molar-refractivity contribution in [3.8, 4) is 0 Å². The molecular formula is C17H27N2NaO6. The van der Waals surface area contributed by atoms with E-state index in [-0.39, 0.29) is 35.5 Å². The molecule has 9 heteroatoms. The second-order valence-electron chi connectivity index (χ2n) is 6.64. The van der Waals surface area contributed by atoms with E-state index >= 15 is 0 Å². The van der Waals surface area contributed by atoms with Crippen LogP contribution in [0.2, 0.25) is 0 Å². The average Bonchev–Trinajstić information content (AvgIpc) is 3.44. The second-order valence-corrected chi connectivity index (χ2v) is 6.64. The zero-order valence-corrected chi connectivity index (χ0v) is 18.1. The van der Waals surface area contributed by atoms with Gasteiger partial charge in [0.25, 0.3) is 5.91 Å². The van der Waals surface area contributed by atoms with Gasteiger partial charge < -0.3 is 24.6 Å². The van der Waals surface area contributed by atoms with Gasteiger partial charge in [-0.2, -0.15) is 0 Å². The zero-order chi connectivity index (χ0) is 18.4. The molecule has 0 bridgehead atoms. The predicted octanol–water partition coefficient (Wildman–Crippen LogP) is -3.00. The number of nitrogens with one attached hydrogen (secondary N) is 1. The summed E-state index contributed by atoms with van der Waals surface area (Å²) in [4.78, 5) is 27.1. The summed E-state index contributed by atoms with van der Waals surface area (Å²) in [6.45, 7) is 8.88. The molecule has 142 valence electrons. The van der Waals surface area contributed by atoms with Crippen molar-refractivity contribution in [1.82, 2.24) is 5.32 Å². The maximum absolute atomic E-state index is 11.9. The molecule has 0 saturated carbocycles. The van der Waals surface area contributed by atoms with E-state index in [4.69, 9.17) is 14.2 Å². The van der Waals surface area contributed by atoms with Crippen molar-refractivity contribution in [2.75, 3.05) is 26.4 Å². The summed E-state index contributed by atoms with van der Waals surface area (Å²) in [5.41, 5.74) is -1.15. The minimum Gasteiger partial charge on any atom is -0.846 e. The number of nitrogens with zero attached hydrogens (tertiary/aromatic N) is 1. The standard InChI is InChI=1S/C11H18N2O3.C6H10O3.Na/c1-4-6-7(3)11(5-2)8(14)12-10(16)13-9(11)15;1(5-3-8-5)7-2-6-4-9-6;/h7H,4-6H2,1-3H3,(H2,12,13,14,15,16);5-6H,1-4H2;/q;;+1/p-1. The van der Waals surface area contributed by atoms with Crippen LogP contribution in [0.25, 0.3) is 0 Å². The van der Waals surface area contributed by atoms with Gasteiger partial charge in [0, 0.05) is 0 Å². The van der Waals surface area contributed by atoms with E-state index in [1.807, 2.05) is 13.8 Å². The van der Waals surface area contributed by atoms with Gasteiger partial charge >= 0.3 is 29.6 Å². The van der Waals surface area contributed by atoms with Crippen LogP contribution in [0.1, 0.15) is 40.0 Å². The number of amidine groups is 1. The summed E-state index contributed by atoms with van der Waals surface area (Å²) in [5, 5.41) is 13.1. The Kier molecular flexibility index (Phi) is 9.71. The van der Waals surface area contributed by atoms with Gasteiger partial charge in [-0.15, -0.1) is 0 Å². The van der Waals surface area contributed by atoms with Crippen LogP contribution in [0.3, 0.4) is 0 Å². The van der Waals surface area contributed by atoms with E-state index in [9.17, 15) is 14.7 Å². The van der Waals surface area contributed by atoms with Crippen LogP contribution in [0, 0.1) is 11.3 Å². The first-order valence-electron chi connectivity index (χ1n) is 8.86. The zero-order valence-electron chi connectivity index (χ0n) is 16.1. The van der Waals surface area contributed by atoms with Crippen molar-refractivity contribution in [3.63, 3.8) is 0 Å². The van der Waals surface area contributed by atoms with Crippen molar-refractivity contribution in [2.24, 2.45) is 16.3 Å². The molecule has 0 radical (unpaired) electrons. The average molecular weight is 378 g/mol. The molecule has 3 aliphatic rings. The first kappa shape index (κ1) is 23.5. The van der Waals surface area contributed by atoms with Crippen LogP contribution in [0.15, 0.2) is 4.99 Å². The van der Waals surface area contributed by atoms with Gasteiger partial charge in [-0.05, 0) is 18.8 Å². The number of amides is 2. The third kappa shape index (κ3) is 6.28. The number of rotatable bonds is 8. The van der Waals surface area contributed by atoms with Gasteiger partial charge in [-0.1, -0.05) is 27.2 Å². The normalized spacial score (nSPS) is 30.2. The summed E-state index contributed by atoms with van der Waals surface area (Å²) < 4.78 is 15.1. The first-order chi connectivity index (χ1) is 11.9. The number of carbonyl (C=O) groups excluding carboxylic acids is 2. The number of ether oxygens (including phenoxy) is 3. The Morgan fingerprint density at radius 1 is 1.27 bits per heavy atom. The molecule has 2 fully saturated rings. The Morgan fingerprint density at radius 2 is 1.81 bits per heavy atom. The van der Waals surface area contributed by atoms with E-state index in [2.05, 4.69) is 10.3 Å². The Bertz CT molecular complexity index is 509. The maximum Gasteiger partial charge on any atom is 1.00 e. The Hall–Kier alpha value is -0.510. The summed E-state index contributed by atoms with van der Waals surface area (Å²) in [6, 6.07) is -0.845. The van der Waals surface area contributed by atoms with Gasteiger partial charge in [0.2, 0.25) is 5.91 Å². The molecular weight excluding hydrogens is 351 g/mol. The van der Waals surface area contributed by atoms with Crippen LogP contribution in [-0.2, 0) is 23.8 Å². The number of hydrogen-bond acceptors (Lipinski definition) is 6. The molecule has 0 aromatic heterocycles. The van der Waals surface area contributed by atoms with Crippen LogP contribution in [0.4, 0.5) is 0 Å². The van der Waals surface area contributed by atoms with Crippen molar-refractivity contribution in [3.05, 3.63) is 0 Å². The van der Waals surface area contributed by atoms with Crippen molar-refractivity contribution < 1.29 is 58.5 Å². The van der Waals surface area contributed by atoms with Gasteiger partial charge in [-0.3, -0.25) is 9.59 Å². The summed E-state index contributed by atoms with van der Waals surface area (Å²) in [5.74, 6) is -1.20. The van der Waals surface area contributed by atoms with Crippen molar-refractivity contribution in [2.45, 2.75) is 52.2 Å². The molecule has 2 amide bonds. The van der Waals surface area contributed by atoms with E-state index < -0.39 is 23.3 Å². The van der Waals surface area contributed by atoms with E-state index in [0.29, 0.717) is 18.6 Å². The van der Waals surface area contributed by atoms with Crippen molar-refractivity contribution >= 4 is 17.8 Å². The molecule has 1 N–H and O–H groups in total. The molecule has 3 heterocycles. The summed E-state index contributed by atoms with van der Waals surface area (Å²) in [7, 11) is 0. The van der Waals surface area contributed by atoms with Gasteiger partial charge in [-0.25, -0.2) is 4.99 Å².